The minimum atomic E-state index is -4.48. The van der Waals surface area contributed by atoms with Crippen molar-refractivity contribution in [1.82, 2.24) is 15.2 Å². The van der Waals surface area contributed by atoms with E-state index in [1.165, 1.54) is 0 Å². The Hall–Kier alpha value is -0.960. The Morgan fingerprint density at radius 3 is 2.46 bits per heavy atom. The molecule has 5 nitrogen and oxygen atoms in total. The Morgan fingerprint density at radius 1 is 1.35 bits per heavy atom. The zero-order valence-corrected chi connectivity index (χ0v) is 16.5. The predicted molar refractivity (Wildman–Crippen MR) is 101 cm³/mol. The van der Waals surface area contributed by atoms with Gasteiger partial charge in [-0.05, 0) is 26.0 Å². The number of hydrogen-bond donors (Lipinski definition) is 2. The van der Waals surface area contributed by atoms with Gasteiger partial charge in [-0.25, -0.2) is 4.98 Å². The van der Waals surface area contributed by atoms with E-state index in [2.05, 4.69) is 15.6 Å². The number of aromatic nitrogens is 1. The molecule has 2 rings (SSSR count). The van der Waals surface area contributed by atoms with Crippen molar-refractivity contribution in [1.29, 1.82) is 0 Å². The number of hydrogen-bond acceptors (Lipinski definition) is 4. The lowest BCUT2D eigenvalue weighted by Crippen LogP contribution is -2.44. The number of piperidine rings is 1. The molecule has 0 saturated carbocycles. The molecule has 150 valence electrons. The number of pyridine rings is 1. The van der Waals surface area contributed by atoms with E-state index in [9.17, 15) is 18.0 Å². The van der Waals surface area contributed by atoms with Gasteiger partial charge in [0.05, 0.1) is 10.6 Å². The molecule has 26 heavy (non-hydrogen) atoms. The Labute approximate surface area is 167 Å². The van der Waals surface area contributed by atoms with Gasteiger partial charge in [0.2, 0.25) is 5.91 Å². The Bertz CT molecular complexity index is 582. The van der Waals surface area contributed by atoms with Crippen molar-refractivity contribution in [3.05, 3.63) is 22.8 Å². The average molecular weight is 438 g/mol. The second-order valence-electron chi connectivity index (χ2n) is 5.67. The Balaban J connectivity index is 0.00000312. The largest absolute Gasteiger partial charge is 0.417 e. The van der Waals surface area contributed by atoms with Gasteiger partial charge >= 0.3 is 6.18 Å². The van der Waals surface area contributed by atoms with Crippen molar-refractivity contribution in [2.75, 3.05) is 32.0 Å². The summed E-state index contributed by atoms with van der Waals surface area (Å²) >= 11 is 5.80. The number of rotatable bonds is 5. The van der Waals surface area contributed by atoms with Gasteiger partial charge in [0.25, 0.3) is 0 Å². The molecule has 0 radical (unpaired) electrons. The molecule has 0 bridgehead atoms. The quantitative estimate of drug-likeness (QED) is 0.739. The van der Waals surface area contributed by atoms with Gasteiger partial charge in [-0.2, -0.15) is 13.2 Å². The van der Waals surface area contributed by atoms with E-state index in [0.717, 1.165) is 25.1 Å². The lowest BCUT2D eigenvalue weighted by Gasteiger charge is -2.31. The molecule has 2 heterocycles. The zero-order chi connectivity index (χ0) is 17.7. The molecule has 1 aliphatic rings. The van der Waals surface area contributed by atoms with Crippen LogP contribution in [0.2, 0.25) is 5.02 Å². The van der Waals surface area contributed by atoms with Crippen LogP contribution in [0.15, 0.2) is 12.3 Å². The highest BCUT2D eigenvalue weighted by atomic mass is 35.5. The number of halogens is 6. The first-order valence-corrected chi connectivity index (χ1v) is 8.10. The summed E-state index contributed by atoms with van der Waals surface area (Å²) in [7, 11) is 1.91. The molecule has 1 amide bonds. The van der Waals surface area contributed by atoms with E-state index >= 15 is 0 Å². The first-order valence-electron chi connectivity index (χ1n) is 7.73. The number of likely N-dealkylation sites (tertiary alicyclic amines) is 1. The molecule has 0 aliphatic carbocycles. The van der Waals surface area contributed by atoms with Gasteiger partial charge in [-0.1, -0.05) is 11.6 Å². The van der Waals surface area contributed by atoms with E-state index in [1.54, 1.807) is 4.90 Å². The summed E-state index contributed by atoms with van der Waals surface area (Å²) < 4.78 is 37.6. The Morgan fingerprint density at radius 2 is 1.96 bits per heavy atom. The maximum atomic E-state index is 12.5. The third kappa shape index (κ3) is 6.98. The van der Waals surface area contributed by atoms with Crippen molar-refractivity contribution in [2.45, 2.75) is 31.5 Å². The van der Waals surface area contributed by atoms with Crippen molar-refractivity contribution < 1.29 is 18.0 Å². The zero-order valence-electron chi connectivity index (χ0n) is 14.1. The highest BCUT2D eigenvalue weighted by molar-refractivity contribution is 6.32. The van der Waals surface area contributed by atoms with Crippen LogP contribution < -0.4 is 10.6 Å². The van der Waals surface area contributed by atoms with Crippen LogP contribution in [0.5, 0.6) is 0 Å². The standard InChI is InChI=1S/C15H20ClF3N4O.2ClH/c1-20-11-3-6-23(7-4-11)13(24)2-5-21-14-12(16)8-10(9-22-14)15(17,18)19;;/h8-9,11,20H,2-7H2,1H3,(H,21,22);2*1H. The van der Waals surface area contributed by atoms with Gasteiger partial charge in [0, 0.05) is 38.3 Å². The van der Waals surface area contributed by atoms with Crippen molar-refractivity contribution >= 4 is 48.1 Å². The third-order valence-corrected chi connectivity index (χ3v) is 4.34. The fraction of sp³-hybridized carbons (Fsp3) is 0.600. The number of carbonyl (C=O) groups excluding carboxylic acids is 1. The fourth-order valence-corrected chi connectivity index (χ4v) is 2.82. The fourth-order valence-electron chi connectivity index (χ4n) is 2.59. The van der Waals surface area contributed by atoms with Crippen LogP contribution in [0.25, 0.3) is 0 Å². The van der Waals surface area contributed by atoms with Gasteiger partial charge in [-0.3, -0.25) is 4.79 Å². The summed E-state index contributed by atoms with van der Waals surface area (Å²) in [6.45, 7) is 1.69. The van der Waals surface area contributed by atoms with E-state index in [-0.39, 0.29) is 54.5 Å². The average Bonchev–Trinajstić information content (AvgIpc) is 2.55. The maximum Gasteiger partial charge on any atom is 0.417 e. The molecular formula is C15H22Cl3F3N4O. The molecule has 1 aliphatic heterocycles. The predicted octanol–water partition coefficient (Wildman–Crippen LogP) is 3.61. The van der Waals surface area contributed by atoms with E-state index < -0.39 is 11.7 Å². The Kier molecular flexibility index (Phi) is 10.6. The van der Waals surface area contributed by atoms with Crippen LogP contribution in [0.3, 0.4) is 0 Å². The monoisotopic (exact) mass is 436 g/mol. The highest BCUT2D eigenvalue weighted by Gasteiger charge is 2.31. The van der Waals surface area contributed by atoms with Crippen LogP contribution >= 0.6 is 36.4 Å². The molecule has 0 spiro atoms. The van der Waals surface area contributed by atoms with Crippen LogP contribution in [0, 0.1) is 0 Å². The molecule has 1 aromatic rings. The molecule has 1 aromatic heterocycles. The molecule has 1 fully saturated rings. The van der Waals surface area contributed by atoms with Gasteiger partial charge < -0.3 is 15.5 Å². The lowest BCUT2D eigenvalue weighted by molar-refractivity contribution is -0.137. The SMILES string of the molecule is CNC1CCN(C(=O)CCNc2ncc(C(F)(F)F)cc2Cl)CC1.Cl.Cl. The molecule has 0 atom stereocenters. The normalized spacial score (nSPS) is 15.0. The first-order chi connectivity index (χ1) is 11.3. The number of nitrogens with one attached hydrogen (secondary N) is 2. The lowest BCUT2D eigenvalue weighted by atomic mass is 10.1. The second-order valence-corrected chi connectivity index (χ2v) is 6.08. The number of nitrogens with zero attached hydrogens (tertiary/aromatic N) is 2. The third-order valence-electron chi connectivity index (χ3n) is 4.06. The molecule has 1 saturated heterocycles. The van der Waals surface area contributed by atoms with Crippen molar-refractivity contribution in [2.24, 2.45) is 0 Å². The van der Waals surface area contributed by atoms with Crippen molar-refractivity contribution in [3.8, 4) is 0 Å². The van der Waals surface area contributed by atoms with Crippen molar-refractivity contribution in [3.63, 3.8) is 0 Å². The smallest absolute Gasteiger partial charge is 0.368 e. The topological polar surface area (TPSA) is 57.3 Å². The van der Waals surface area contributed by atoms with E-state index in [4.69, 9.17) is 11.6 Å². The van der Waals surface area contributed by atoms with Gasteiger partial charge in [0.15, 0.2) is 0 Å². The first kappa shape index (κ1) is 25.0. The van der Waals surface area contributed by atoms with Crippen LogP contribution in [-0.4, -0.2) is 48.5 Å². The van der Waals surface area contributed by atoms with Gasteiger partial charge in [0.1, 0.15) is 5.82 Å². The highest BCUT2D eigenvalue weighted by Crippen LogP contribution is 2.32. The summed E-state index contributed by atoms with van der Waals surface area (Å²) in [5.41, 5.74) is -0.901. The maximum absolute atomic E-state index is 12.5. The number of alkyl halides is 3. The molecular weight excluding hydrogens is 416 g/mol. The summed E-state index contributed by atoms with van der Waals surface area (Å²) in [6.07, 6.45) is -1.68. The summed E-state index contributed by atoms with van der Waals surface area (Å²) in [5, 5.41) is 5.89. The summed E-state index contributed by atoms with van der Waals surface area (Å²) in [6, 6.07) is 1.27. The molecule has 11 heteroatoms. The molecule has 0 aromatic carbocycles. The molecule has 2 N–H and O–H groups in total. The van der Waals surface area contributed by atoms with Crippen LogP contribution in [-0.2, 0) is 11.0 Å². The van der Waals surface area contributed by atoms with E-state index in [1.807, 2.05) is 7.05 Å². The number of amides is 1. The second kappa shape index (κ2) is 11.0. The number of anilines is 1. The van der Waals surface area contributed by atoms with Gasteiger partial charge in [-0.15, -0.1) is 24.8 Å². The van der Waals surface area contributed by atoms with Crippen LogP contribution in [0.1, 0.15) is 24.8 Å². The minimum absolute atomic E-state index is 0. The summed E-state index contributed by atoms with van der Waals surface area (Å²) in [5.74, 6) is 0.159. The van der Waals surface area contributed by atoms with E-state index in [0.29, 0.717) is 19.1 Å². The van der Waals surface area contributed by atoms with Crippen LogP contribution in [0.4, 0.5) is 19.0 Å². The molecule has 0 unspecified atom stereocenters. The minimum Gasteiger partial charge on any atom is -0.368 e. The number of carbonyl (C=O) groups is 1. The summed E-state index contributed by atoms with van der Waals surface area (Å²) in [4.78, 5) is 17.6.